The van der Waals surface area contributed by atoms with Crippen LogP contribution < -0.4 is 0 Å². The predicted octanol–water partition coefficient (Wildman–Crippen LogP) is 3.13. The Kier molecular flexibility index (Phi) is 4.23. The summed E-state index contributed by atoms with van der Waals surface area (Å²) in [6, 6.07) is 4.15. The quantitative estimate of drug-likeness (QED) is 0.734. The molecule has 16 heavy (non-hydrogen) atoms. The summed E-state index contributed by atoms with van der Waals surface area (Å²) in [6.07, 6.45) is 3.88. The van der Waals surface area contributed by atoms with Gasteiger partial charge in [-0.05, 0) is 31.5 Å². The number of hydrogen-bond donors (Lipinski definition) is 0. The van der Waals surface area contributed by atoms with E-state index in [1.54, 1.807) is 4.68 Å². The maximum atomic E-state index is 4.34. The van der Waals surface area contributed by atoms with E-state index in [0.29, 0.717) is 0 Å². The Balaban J connectivity index is 0.000000606. The Bertz CT molecular complexity index is 438. The first-order valence-corrected chi connectivity index (χ1v) is 5.59. The fourth-order valence-corrected chi connectivity index (χ4v) is 1.57. The first-order valence-electron chi connectivity index (χ1n) is 5.59. The van der Waals surface area contributed by atoms with Crippen molar-refractivity contribution < 1.29 is 0 Å². The zero-order chi connectivity index (χ0) is 12.1. The first-order chi connectivity index (χ1) is 7.65. The average Bonchev–Trinajstić information content (AvgIpc) is 2.66. The van der Waals surface area contributed by atoms with Gasteiger partial charge in [-0.15, -0.1) is 0 Å². The Morgan fingerprint density at radius 1 is 1.00 bits per heavy atom. The van der Waals surface area contributed by atoms with Crippen molar-refractivity contribution in [2.45, 2.75) is 27.7 Å². The number of nitrogens with zero attached hydrogens (tertiary/aromatic N) is 3. The van der Waals surface area contributed by atoms with Crippen LogP contribution in [0.4, 0.5) is 0 Å². The summed E-state index contributed by atoms with van der Waals surface area (Å²) < 4.78 is 1.81. The van der Waals surface area contributed by atoms with Crippen molar-refractivity contribution in [3.05, 3.63) is 35.9 Å². The highest BCUT2D eigenvalue weighted by Gasteiger charge is 2.01. The number of rotatable bonds is 1. The predicted molar refractivity (Wildman–Crippen MR) is 67.3 cm³/mol. The molecule has 2 heterocycles. The lowest BCUT2D eigenvalue weighted by molar-refractivity contribution is 0.768. The molecule has 0 unspecified atom stereocenters. The minimum Gasteiger partial charge on any atom is -0.275 e. The van der Waals surface area contributed by atoms with Gasteiger partial charge in [0.1, 0.15) is 0 Å². The molecular formula is C13H19N3. The molecule has 0 saturated heterocycles. The SMILES string of the molecule is CC.Cc1cc(-c2cnn(C)c2)cc(C)n1. The van der Waals surface area contributed by atoms with Gasteiger partial charge in [-0.2, -0.15) is 5.10 Å². The summed E-state index contributed by atoms with van der Waals surface area (Å²) in [4.78, 5) is 4.34. The molecule has 2 aromatic rings. The van der Waals surface area contributed by atoms with E-state index in [4.69, 9.17) is 0 Å². The molecule has 3 heteroatoms. The molecule has 0 aromatic carbocycles. The summed E-state index contributed by atoms with van der Waals surface area (Å²) in [5, 5.41) is 4.15. The van der Waals surface area contributed by atoms with Gasteiger partial charge in [0, 0.05) is 30.2 Å². The van der Waals surface area contributed by atoms with Gasteiger partial charge >= 0.3 is 0 Å². The molecule has 0 fully saturated rings. The second-order valence-corrected chi connectivity index (χ2v) is 3.54. The average molecular weight is 217 g/mol. The van der Waals surface area contributed by atoms with Crippen molar-refractivity contribution in [1.82, 2.24) is 14.8 Å². The van der Waals surface area contributed by atoms with Crippen LogP contribution in [-0.4, -0.2) is 14.8 Å². The van der Waals surface area contributed by atoms with Gasteiger partial charge in [-0.3, -0.25) is 9.67 Å². The van der Waals surface area contributed by atoms with Gasteiger partial charge in [-0.25, -0.2) is 0 Å². The molecular weight excluding hydrogens is 198 g/mol. The van der Waals surface area contributed by atoms with E-state index in [9.17, 15) is 0 Å². The number of aryl methyl sites for hydroxylation is 3. The van der Waals surface area contributed by atoms with E-state index in [-0.39, 0.29) is 0 Å². The van der Waals surface area contributed by atoms with Gasteiger partial charge in [0.25, 0.3) is 0 Å². The van der Waals surface area contributed by atoms with Crippen LogP contribution in [0, 0.1) is 13.8 Å². The van der Waals surface area contributed by atoms with Crippen molar-refractivity contribution in [2.24, 2.45) is 7.05 Å². The topological polar surface area (TPSA) is 30.7 Å². The zero-order valence-corrected chi connectivity index (χ0v) is 10.7. The van der Waals surface area contributed by atoms with Crippen molar-refractivity contribution in [3.63, 3.8) is 0 Å². The third-order valence-electron chi connectivity index (χ3n) is 2.12. The van der Waals surface area contributed by atoms with Crippen LogP contribution in [0.1, 0.15) is 25.2 Å². The lowest BCUT2D eigenvalue weighted by Gasteiger charge is -2.00. The lowest BCUT2D eigenvalue weighted by Crippen LogP contribution is -1.87. The van der Waals surface area contributed by atoms with Crippen LogP contribution >= 0.6 is 0 Å². The Labute approximate surface area is 97.1 Å². The van der Waals surface area contributed by atoms with E-state index in [1.165, 1.54) is 5.56 Å². The largest absolute Gasteiger partial charge is 0.275 e. The molecule has 86 valence electrons. The van der Waals surface area contributed by atoms with Gasteiger partial charge in [-0.1, -0.05) is 13.8 Å². The van der Waals surface area contributed by atoms with Crippen molar-refractivity contribution in [3.8, 4) is 11.1 Å². The zero-order valence-electron chi connectivity index (χ0n) is 10.7. The van der Waals surface area contributed by atoms with Crippen molar-refractivity contribution in [2.75, 3.05) is 0 Å². The van der Waals surface area contributed by atoms with Crippen LogP contribution in [0.3, 0.4) is 0 Å². The monoisotopic (exact) mass is 217 g/mol. The van der Waals surface area contributed by atoms with E-state index in [0.717, 1.165) is 17.0 Å². The molecule has 0 aliphatic rings. The van der Waals surface area contributed by atoms with Crippen LogP contribution in [0.25, 0.3) is 11.1 Å². The smallest absolute Gasteiger partial charge is 0.0568 e. The van der Waals surface area contributed by atoms with E-state index < -0.39 is 0 Å². The van der Waals surface area contributed by atoms with Crippen LogP contribution in [0.5, 0.6) is 0 Å². The second-order valence-electron chi connectivity index (χ2n) is 3.54. The lowest BCUT2D eigenvalue weighted by atomic mass is 10.1. The summed E-state index contributed by atoms with van der Waals surface area (Å²) >= 11 is 0. The Hall–Kier alpha value is -1.64. The summed E-state index contributed by atoms with van der Waals surface area (Å²) in [7, 11) is 1.92. The minimum atomic E-state index is 1.05. The molecule has 2 aromatic heterocycles. The highest BCUT2D eigenvalue weighted by Crippen LogP contribution is 2.19. The standard InChI is InChI=1S/C11H13N3.C2H6/c1-8-4-10(5-9(2)13-8)11-6-12-14(3)7-11;1-2/h4-7H,1-3H3;1-2H3. The van der Waals surface area contributed by atoms with E-state index in [2.05, 4.69) is 22.2 Å². The summed E-state index contributed by atoms with van der Waals surface area (Å²) in [6.45, 7) is 8.01. The molecule has 0 spiro atoms. The molecule has 0 amide bonds. The fourth-order valence-electron chi connectivity index (χ4n) is 1.57. The molecule has 0 bridgehead atoms. The maximum Gasteiger partial charge on any atom is 0.0568 e. The van der Waals surface area contributed by atoms with Crippen LogP contribution in [0.2, 0.25) is 0 Å². The number of pyridine rings is 1. The highest BCUT2D eigenvalue weighted by atomic mass is 15.2. The normalized spacial score (nSPS) is 9.56. The number of hydrogen-bond acceptors (Lipinski definition) is 2. The van der Waals surface area contributed by atoms with Crippen LogP contribution in [-0.2, 0) is 7.05 Å². The molecule has 0 aliphatic heterocycles. The highest BCUT2D eigenvalue weighted by molar-refractivity contribution is 5.62. The number of aromatic nitrogens is 3. The van der Waals surface area contributed by atoms with E-state index >= 15 is 0 Å². The minimum absolute atomic E-state index is 1.05. The fraction of sp³-hybridized carbons (Fsp3) is 0.385. The first kappa shape index (κ1) is 12.4. The van der Waals surface area contributed by atoms with Gasteiger partial charge in [0.2, 0.25) is 0 Å². The second kappa shape index (κ2) is 5.45. The summed E-state index contributed by atoms with van der Waals surface area (Å²) in [5.74, 6) is 0. The molecule has 2 rings (SSSR count). The third kappa shape index (κ3) is 2.92. The molecule has 3 nitrogen and oxygen atoms in total. The Morgan fingerprint density at radius 3 is 2.00 bits per heavy atom. The van der Waals surface area contributed by atoms with E-state index in [1.807, 2.05) is 47.1 Å². The van der Waals surface area contributed by atoms with Crippen molar-refractivity contribution in [1.29, 1.82) is 0 Å². The molecule has 0 N–H and O–H groups in total. The van der Waals surface area contributed by atoms with Crippen LogP contribution in [0.15, 0.2) is 24.5 Å². The van der Waals surface area contributed by atoms with Gasteiger partial charge in [0.05, 0.1) is 6.20 Å². The van der Waals surface area contributed by atoms with Gasteiger partial charge in [0.15, 0.2) is 0 Å². The molecule has 0 atom stereocenters. The summed E-state index contributed by atoms with van der Waals surface area (Å²) in [5.41, 5.74) is 4.41. The van der Waals surface area contributed by atoms with Gasteiger partial charge < -0.3 is 0 Å². The molecule has 0 saturated carbocycles. The maximum absolute atomic E-state index is 4.34. The molecule has 0 aliphatic carbocycles. The Morgan fingerprint density at radius 2 is 1.56 bits per heavy atom. The third-order valence-corrected chi connectivity index (χ3v) is 2.12. The van der Waals surface area contributed by atoms with Crippen molar-refractivity contribution >= 4 is 0 Å². The molecule has 0 radical (unpaired) electrons.